The van der Waals surface area contributed by atoms with Gasteiger partial charge in [-0.25, -0.2) is 0 Å². The minimum Gasteiger partial charge on any atom is -0.399 e. The van der Waals surface area contributed by atoms with Crippen LogP contribution in [-0.4, -0.2) is 5.91 Å². The molecule has 0 unspecified atom stereocenters. The number of amides is 1. The van der Waals surface area contributed by atoms with Crippen LogP contribution in [0.15, 0.2) is 12.1 Å². The molecule has 0 atom stereocenters. The minimum absolute atomic E-state index is 0.0627. The summed E-state index contributed by atoms with van der Waals surface area (Å²) in [6.45, 7) is 5.37. The molecular weight excluding hydrogens is 164 g/mol. The van der Waals surface area contributed by atoms with E-state index < -0.39 is 0 Å². The average Bonchev–Trinajstić information content (AvgIpc) is 2.06. The van der Waals surface area contributed by atoms with Gasteiger partial charge in [0.1, 0.15) is 0 Å². The SMILES string of the molecule is CC(=O)Nc1ccc(N)c(C)c1C. The lowest BCUT2D eigenvalue weighted by Crippen LogP contribution is -2.08. The lowest BCUT2D eigenvalue weighted by atomic mass is 10.1. The minimum atomic E-state index is -0.0627. The van der Waals surface area contributed by atoms with Gasteiger partial charge in [0.15, 0.2) is 0 Å². The summed E-state index contributed by atoms with van der Waals surface area (Å²) in [5.74, 6) is -0.0627. The van der Waals surface area contributed by atoms with E-state index in [4.69, 9.17) is 5.73 Å². The summed E-state index contributed by atoms with van der Waals surface area (Å²) in [6.07, 6.45) is 0. The molecule has 0 bridgehead atoms. The highest BCUT2D eigenvalue weighted by Gasteiger charge is 2.04. The largest absolute Gasteiger partial charge is 0.399 e. The molecule has 0 aromatic heterocycles. The highest BCUT2D eigenvalue weighted by molar-refractivity contribution is 5.90. The molecule has 0 aliphatic carbocycles. The van der Waals surface area contributed by atoms with Crippen molar-refractivity contribution in [2.75, 3.05) is 11.1 Å². The van der Waals surface area contributed by atoms with E-state index in [1.165, 1.54) is 6.92 Å². The van der Waals surface area contributed by atoms with Crippen LogP contribution in [0, 0.1) is 13.8 Å². The van der Waals surface area contributed by atoms with Crippen LogP contribution in [0.25, 0.3) is 0 Å². The van der Waals surface area contributed by atoms with Gasteiger partial charge in [-0.3, -0.25) is 4.79 Å². The maximum atomic E-state index is 10.8. The summed E-state index contributed by atoms with van der Waals surface area (Å²) in [4.78, 5) is 10.8. The normalized spacial score (nSPS) is 9.77. The Morgan fingerprint density at radius 3 is 2.46 bits per heavy atom. The Bertz CT molecular complexity index is 345. The van der Waals surface area contributed by atoms with Crippen LogP contribution < -0.4 is 11.1 Å². The number of nitrogens with one attached hydrogen (secondary N) is 1. The fourth-order valence-electron chi connectivity index (χ4n) is 1.17. The summed E-state index contributed by atoms with van der Waals surface area (Å²) < 4.78 is 0. The first-order valence-corrected chi connectivity index (χ1v) is 4.15. The summed E-state index contributed by atoms with van der Waals surface area (Å²) in [6, 6.07) is 3.62. The number of rotatable bonds is 1. The summed E-state index contributed by atoms with van der Waals surface area (Å²) in [5.41, 5.74) is 9.34. The van der Waals surface area contributed by atoms with Crippen molar-refractivity contribution >= 4 is 17.3 Å². The predicted octanol–water partition coefficient (Wildman–Crippen LogP) is 1.84. The quantitative estimate of drug-likeness (QED) is 0.645. The molecule has 0 heterocycles. The van der Waals surface area contributed by atoms with Gasteiger partial charge in [0.25, 0.3) is 0 Å². The van der Waals surface area contributed by atoms with Crippen LogP contribution in [0.3, 0.4) is 0 Å². The number of hydrogen-bond acceptors (Lipinski definition) is 2. The van der Waals surface area contributed by atoms with Crippen molar-refractivity contribution in [1.82, 2.24) is 0 Å². The molecule has 70 valence electrons. The van der Waals surface area contributed by atoms with E-state index >= 15 is 0 Å². The van der Waals surface area contributed by atoms with Gasteiger partial charge in [0.05, 0.1) is 0 Å². The van der Waals surface area contributed by atoms with E-state index in [-0.39, 0.29) is 5.91 Å². The summed E-state index contributed by atoms with van der Waals surface area (Å²) >= 11 is 0. The van der Waals surface area contributed by atoms with Crippen molar-refractivity contribution in [2.45, 2.75) is 20.8 Å². The first kappa shape index (κ1) is 9.58. The number of benzene rings is 1. The number of nitrogens with two attached hydrogens (primary N) is 1. The van der Waals surface area contributed by atoms with Gasteiger partial charge >= 0.3 is 0 Å². The molecule has 3 N–H and O–H groups in total. The molecule has 0 saturated heterocycles. The zero-order chi connectivity index (χ0) is 10.0. The number of anilines is 2. The zero-order valence-corrected chi connectivity index (χ0v) is 8.14. The van der Waals surface area contributed by atoms with Crippen molar-refractivity contribution in [2.24, 2.45) is 0 Å². The monoisotopic (exact) mass is 178 g/mol. The fourth-order valence-corrected chi connectivity index (χ4v) is 1.17. The van der Waals surface area contributed by atoms with Crippen LogP contribution in [0.5, 0.6) is 0 Å². The molecule has 3 heteroatoms. The molecule has 13 heavy (non-hydrogen) atoms. The van der Waals surface area contributed by atoms with Crippen LogP contribution in [-0.2, 0) is 4.79 Å². The Kier molecular flexibility index (Phi) is 2.56. The van der Waals surface area contributed by atoms with Crippen LogP contribution in [0.1, 0.15) is 18.1 Å². The molecule has 1 amide bonds. The van der Waals surface area contributed by atoms with Gasteiger partial charge in [-0.05, 0) is 37.1 Å². The Balaban J connectivity index is 3.10. The summed E-state index contributed by atoms with van der Waals surface area (Å²) in [7, 11) is 0. The number of hydrogen-bond donors (Lipinski definition) is 2. The first-order valence-electron chi connectivity index (χ1n) is 4.15. The molecule has 1 aromatic carbocycles. The molecular formula is C10H14N2O. The molecule has 0 saturated carbocycles. The van der Waals surface area contributed by atoms with Crippen molar-refractivity contribution in [3.05, 3.63) is 23.3 Å². The standard InChI is InChI=1S/C10H14N2O/c1-6-7(2)10(12-8(3)13)5-4-9(6)11/h4-5H,11H2,1-3H3,(H,12,13). The Labute approximate surface area is 77.9 Å². The van der Waals surface area contributed by atoms with Gasteiger partial charge in [-0.1, -0.05) is 0 Å². The predicted molar refractivity (Wildman–Crippen MR) is 54.6 cm³/mol. The first-order chi connectivity index (χ1) is 6.02. The van der Waals surface area contributed by atoms with Gasteiger partial charge in [-0.2, -0.15) is 0 Å². The molecule has 1 rings (SSSR count). The van der Waals surface area contributed by atoms with E-state index in [1.807, 2.05) is 19.9 Å². The van der Waals surface area contributed by atoms with E-state index in [9.17, 15) is 4.79 Å². The third-order valence-corrected chi connectivity index (χ3v) is 2.14. The number of carbonyl (C=O) groups is 1. The van der Waals surface area contributed by atoms with Gasteiger partial charge < -0.3 is 11.1 Å². The second kappa shape index (κ2) is 3.47. The lowest BCUT2D eigenvalue weighted by molar-refractivity contribution is -0.114. The molecule has 0 radical (unpaired) electrons. The van der Waals surface area contributed by atoms with E-state index in [1.54, 1.807) is 6.07 Å². The maximum Gasteiger partial charge on any atom is 0.221 e. The highest BCUT2D eigenvalue weighted by Crippen LogP contribution is 2.23. The summed E-state index contributed by atoms with van der Waals surface area (Å²) in [5, 5.41) is 2.75. The van der Waals surface area contributed by atoms with Crippen LogP contribution in [0.2, 0.25) is 0 Å². The topological polar surface area (TPSA) is 55.1 Å². The van der Waals surface area contributed by atoms with Crippen molar-refractivity contribution in [1.29, 1.82) is 0 Å². The van der Waals surface area contributed by atoms with Gasteiger partial charge in [-0.15, -0.1) is 0 Å². The molecule has 1 aromatic rings. The van der Waals surface area contributed by atoms with E-state index in [0.717, 1.165) is 22.5 Å². The second-order valence-electron chi connectivity index (χ2n) is 3.13. The third-order valence-electron chi connectivity index (χ3n) is 2.14. The Morgan fingerprint density at radius 2 is 1.92 bits per heavy atom. The fraction of sp³-hybridized carbons (Fsp3) is 0.300. The molecule has 0 aliphatic rings. The Hall–Kier alpha value is -1.51. The zero-order valence-electron chi connectivity index (χ0n) is 8.14. The molecule has 0 spiro atoms. The molecule has 3 nitrogen and oxygen atoms in total. The van der Waals surface area contributed by atoms with E-state index in [0.29, 0.717) is 0 Å². The third kappa shape index (κ3) is 1.99. The number of carbonyl (C=O) groups excluding carboxylic acids is 1. The van der Waals surface area contributed by atoms with Crippen LogP contribution in [0.4, 0.5) is 11.4 Å². The highest BCUT2D eigenvalue weighted by atomic mass is 16.1. The molecule has 0 aliphatic heterocycles. The van der Waals surface area contributed by atoms with Gasteiger partial charge in [0, 0.05) is 18.3 Å². The van der Waals surface area contributed by atoms with E-state index in [2.05, 4.69) is 5.32 Å². The second-order valence-corrected chi connectivity index (χ2v) is 3.13. The van der Waals surface area contributed by atoms with Gasteiger partial charge in [0.2, 0.25) is 5.91 Å². The Morgan fingerprint density at radius 1 is 1.31 bits per heavy atom. The number of nitrogen functional groups attached to an aromatic ring is 1. The van der Waals surface area contributed by atoms with Crippen LogP contribution >= 0.6 is 0 Å². The van der Waals surface area contributed by atoms with Crippen molar-refractivity contribution in [3.63, 3.8) is 0 Å². The average molecular weight is 178 g/mol. The van der Waals surface area contributed by atoms with Crippen molar-refractivity contribution in [3.8, 4) is 0 Å². The smallest absolute Gasteiger partial charge is 0.221 e. The lowest BCUT2D eigenvalue weighted by Gasteiger charge is -2.10. The molecule has 0 fully saturated rings. The van der Waals surface area contributed by atoms with Crippen molar-refractivity contribution < 1.29 is 4.79 Å². The maximum absolute atomic E-state index is 10.8.